The van der Waals surface area contributed by atoms with Crippen molar-refractivity contribution in [2.45, 2.75) is 59.2 Å². The molecule has 0 spiro atoms. The van der Waals surface area contributed by atoms with Crippen molar-refractivity contribution >= 4 is 17.5 Å². The SMILES string of the molecule is Cc1cc(OCn2ccc(C(=O)NC(C)C3CC4CCC3C4)n2)cc(C)c1Cl. The number of rotatable bonds is 6. The van der Waals surface area contributed by atoms with Crippen LogP contribution in [0.5, 0.6) is 5.75 Å². The van der Waals surface area contributed by atoms with Crippen molar-refractivity contribution in [3.63, 3.8) is 0 Å². The maximum atomic E-state index is 12.6. The molecule has 1 aromatic heterocycles. The number of nitrogens with one attached hydrogen (secondary N) is 1. The van der Waals surface area contributed by atoms with Crippen molar-refractivity contribution in [2.75, 3.05) is 0 Å². The van der Waals surface area contributed by atoms with E-state index in [9.17, 15) is 4.79 Å². The number of amides is 1. The molecule has 2 saturated carbocycles. The van der Waals surface area contributed by atoms with E-state index in [0.717, 1.165) is 33.7 Å². The molecule has 6 heteroatoms. The lowest BCUT2D eigenvalue weighted by molar-refractivity contribution is 0.0908. The minimum absolute atomic E-state index is 0.104. The molecule has 0 aliphatic heterocycles. The Morgan fingerprint density at radius 3 is 2.71 bits per heavy atom. The Morgan fingerprint density at radius 1 is 1.32 bits per heavy atom. The molecule has 5 nitrogen and oxygen atoms in total. The first-order valence-electron chi connectivity index (χ1n) is 10.1. The molecule has 4 atom stereocenters. The molecule has 28 heavy (non-hydrogen) atoms. The van der Waals surface area contributed by atoms with E-state index in [-0.39, 0.29) is 18.7 Å². The molecule has 4 rings (SSSR count). The summed E-state index contributed by atoms with van der Waals surface area (Å²) in [4.78, 5) is 12.6. The first kappa shape index (κ1) is 19.3. The third kappa shape index (κ3) is 3.90. The van der Waals surface area contributed by atoms with Gasteiger partial charge >= 0.3 is 0 Å². The van der Waals surface area contributed by atoms with Crippen molar-refractivity contribution in [3.05, 3.63) is 46.2 Å². The number of hydrogen-bond donors (Lipinski definition) is 1. The molecule has 2 bridgehead atoms. The highest BCUT2D eigenvalue weighted by molar-refractivity contribution is 6.32. The summed E-state index contributed by atoms with van der Waals surface area (Å²) in [5, 5.41) is 8.29. The van der Waals surface area contributed by atoms with Crippen LogP contribution < -0.4 is 10.1 Å². The fraction of sp³-hybridized carbons (Fsp3) is 0.545. The largest absolute Gasteiger partial charge is 0.471 e. The number of aryl methyl sites for hydroxylation is 2. The lowest BCUT2D eigenvalue weighted by Crippen LogP contribution is -2.40. The zero-order valence-corrected chi connectivity index (χ0v) is 17.5. The number of carbonyl (C=O) groups excluding carboxylic acids is 1. The van der Waals surface area contributed by atoms with Crippen LogP contribution in [0.25, 0.3) is 0 Å². The highest BCUT2D eigenvalue weighted by Crippen LogP contribution is 2.49. The summed E-state index contributed by atoms with van der Waals surface area (Å²) < 4.78 is 7.44. The fourth-order valence-electron chi connectivity index (χ4n) is 4.98. The van der Waals surface area contributed by atoms with E-state index in [2.05, 4.69) is 17.3 Å². The summed E-state index contributed by atoms with van der Waals surface area (Å²) in [6, 6.07) is 5.75. The number of ether oxygens (including phenoxy) is 1. The number of carbonyl (C=O) groups is 1. The number of halogens is 1. The van der Waals surface area contributed by atoms with E-state index in [1.54, 1.807) is 16.9 Å². The zero-order chi connectivity index (χ0) is 19.8. The predicted octanol–water partition coefficient (Wildman–Crippen LogP) is 4.74. The van der Waals surface area contributed by atoms with Gasteiger partial charge in [0, 0.05) is 17.3 Å². The maximum absolute atomic E-state index is 12.6. The summed E-state index contributed by atoms with van der Waals surface area (Å²) in [7, 11) is 0. The molecule has 1 heterocycles. The fourth-order valence-corrected chi connectivity index (χ4v) is 5.09. The molecule has 1 N–H and O–H groups in total. The predicted molar refractivity (Wildman–Crippen MR) is 110 cm³/mol. The van der Waals surface area contributed by atoms with Gasteiger partial charge < -0.3 is 10.1 Å². The highest BCUT2D eigenvalue weighted by Gasteiger charge is 2.42. The van der Waals surface area contributed by atoms with Gasteiger partial charge in [-0.05, 0) is 87.1 Å². The lowest BCUT2D eigenvalue weighted by Gasteiger charge is -2.28. The molecule has 2 aliphatic rings. The highest BCUT2D eigenvalue weighted by atomic mass is 35.5. The molecule has 1 aromatic carbocycles. The zero-order valence-electron chi connectivity index (χ0n) is 16.7. The van der Waals surface area contributed by atoms with Gasteiger partial charge in [-0.2, -0.15) is 5.10 Å². The quantitative estimate of drug-likeness (QED) is 0.760. The summed E-state index contributed by atoms with van der Waals surface area (Å²) in [5.74, 6) is 2.92. The topological polar surface area (TPSA) is 56.1 Å². The molecule has 4 unspecified atom stereocenters. The molecular formula is C22H28ClN3O2. The van der Waals surface area contributed by atoms with E-state index < -0.39 is 0 Å². The lowest BCUT2D eigenvalue weighted by atomic mass is 9.84. The van der Waals surface area contributed by atoms with Gasteiger partial charge in [0.2, 0.25) is 0 Å². The Kier molecular flexibility index (Phi) is 5.37. The van der Waals surface area contributed by atoms with Gasteiger partial charge in [-0.3, -0.25) is 4.79 Å². The maximum Gasteiger partial charge on any atom is 0.271 e. The smallest absolute Gasteiger partial charge is 0.271 e. The molecule has 2 aliphatic carbocycles. The molecular weight excluding hydrogens is 374 g/mol. The molecule has 2 aromatic rings. The third-order valence-electron chi connectivity index (χ3n) is 6.44. The van der Waals surface area contributed by atoms with Gasteiger partial charge in [0.15, 0.2) is 6.73 Å². The van der Waals surface area contributed by atoms with Crippen molar-refractivity contribution in [3.8, 4) is 5.75 Å². The van der Waals surface area contributed by atoms with Gasteiger partial charge in [-0.15, -0.1) is 0 Å². The van der Waals surface area contributed by atoms with Gasteiger partial charge in [0.25, 0.3) is 5.91 Å². The first-order chi connectivity index (χ1) is 13.4. The van der Waals surface area contributed by atoms with Crippen LogP contribution in [0.2, 0.25) is 5.02 Å². The number of fused-ring (bicyclic) bond motifs is 2. The molecule has 0 saturated heterocycles. The van der Waals surface area contributed by atoms with Crippen molar-refractivity contribution in [1.82, 2.24) is 15.1 Å². The Bertz CT molecular complexity index is 855. The standard InChI is InChI=1S/C22H28ClN3O2/c1-13-8-18(9-14(2)21(13)23)28-12-26-7-6-20(25-26)22(27)24-15(3)19-11-16-4-5-17(19)10-16/h6-9,15-17,19H,4-5,10-12H2,1-3H3,(H,24,27). The minimum atomic E-state index is -0.104. The van der Waals surface area contributed by atoms with Crippen molar-refractivity contribution < 1.29 is 9.53 Å². The number of aromatic nitrogens is 2. The van der Waals surface area contributed by atoms with E-state index in [1.807, 2.05) is 26.0 Å². The first-order valence-corrected chi connectivity index (χ1v) is 10.5. The van der Waals surface area contributed by atoms with Crippen LogP contribution in [0.15, 0.2) is 24.4 Å². The second-order valence-corrected chi connectivity index (χ2v) is 8.86. The Balaban J connectivity index is 1.33. The molecule has 1 amide bonds. The monoisotopic (exact) mass is 401 g/mol. The average molecular weight is 402 g/mol. The second kappa shape index (κ2) is 7.78. The Morgan fingerprint density at radius 2 is 2.07 bits per heavy atom. The van der Waals surface area contributed by atoms with E-state index in [0.29, 0.717) is 11.6 Å². The summed E-state index contributed by atoms with van der Waals surface area (Å²) in [5.41, 5.74) is 2.39. The molecule has 2 fully saturated rings. The molecule has 0 radical (unpaired) electrons. The van der Waals surface area contributed by atoms with Crippen molar-refractivity contribution in [2.24, 2.45) is 17.8 Å². The van der Waals surface area contributed by atoms with Gasteiger partial charge in [-0.1, -0.05) is 18.0 Å². The van der Waals surface area contributed by atoms with E-state index in [4.69, 9.17) is 16.3 Å². The van der Waals surface area contributed by atoms with Crippen LogP contribution in [-0.4, -0.2) is 21.7 Å². The Labute approximate surface area is 171 Å². The van der Waals surface area contributed by atoms with Crippen LogP contribution in [-0.2, 0) is 6.73 Å². The second-order valence-electron chi connectivity index (χ2n) is 8.49. The number of benzene rings is 1. The summed E-state index contributed by atoms with van der Waals surface area (Å²) in [6.07, 6.45) is 7.08. The summed E-state index contributed by atoms with van der Waals surface area (Å²) >= 11 is 6.20. The normalized spacial score (nSPS) is 24.4. The van der Waals surface area contributed by atoms with Gasteiger partial charge in [0.1, 0.15) is 11.4 Å². The average Bonchev–Trinajstić information content (AvgIpc) is 3.40. The van der Waals surface area contributed by atoms with Gasteiger partial charge in [-0.25, -0.2) is 4.68 Å². The van der Waals surface area contributed by atoms with E-state index in [1.165, 1.54) is 25.7 Å². The Hall–Kier alpha value is -2.01. The third-order valence-corrected chi connectivity index (χ3v) is 7.04. The van der Waals surface area contributed by atoms with Crippen molar-refractivity contribution in [1.29, 1.82) is 0 Å². The van der Waals surface area contributed by atoms with Crippen LogP contribution in [0.3, 0.4) is 0 Å². The van der Waals surface area contributed by atoms with Crippen LogP contribution in [0.4, 0.5) is 0 Å². The molecule has 150 valence electrons. The minimum Gasteiger partial charge on any atom is -0.471 e. The van der Waals surface area contributed by atoms with E-state index >= 15 is 0 Å². The van der Waals surface area contributed by atoms with Crippen LogP contribution in [0.1, 0.15) is 54.2 Å². The number of hydrogen-bond acceptors (Lipinski definition) is 3. The number of nitrogens with zero attached hydrogens (tertiary/aromatic N) is 2. The van der Waals surface area contributed by atoms with Crippen LogP contribution >= 0.6 is 11.6 Å². The summed E-state index contributed by atoms with van der Waals surface area (Å²) in [6.45, 7) is 6.29. The van der Waals surface area contributed by atoms with Crippen LogP contribution in [0, 0.1) is 31.6 Å². The van der Waals surface area contributed by atoms with Gasteiger partial charge in [0.05, 0.1) is 0 Å².